The largest absolute Gasteiger partial charge is 0.378 e. The van der Waals surface area contributed by atoms with Crippen molar-refractivity contribution in [1.29, 1.82) is 0 Å². The number of carbonyl (C=O) groups is 1. The number of nitrogens with one attached hydrogen (secondary N) is 1. The molecule has 0 aromatic carbocycles. The quantitative estimate of drug-likeness (QED) is 0.937. The number of morpholine rings is 1. The standard InChI is InChI=1S/C16H18N4O2/c1-12-2-3-13(10-17-12)16(21)19-15-5-4-14(11-18-15)20-6-8-22-9-7-20/h2-5,10-11H,6-9H2,1H3,(H,18,19,21). The molecule has 1 fully saturated rings. The second-order valence-corrected chi connectivity index (χ2v) is 5.14. The van der Waals surface area contributed by atoms with Crippen LogP contribution in [0.25, 0.3) is 0 Å². The maximum atomic E-state index is 12.1. The number of hydrogen-bond acceptors (Lipinski definition) is 5. The van der Waals surface area contributed by atoms with Crippen LogP contribution in [0.1, 0.15) is 16.1 Å². The van der Waals surface area contributed by atoms with Crippen LogP contribution in [0.3, 0.4) is 0 Å². The summed E-state index contributed by atoms with van der Waals surface area (Å²) in [5, 5.41) is 2.77. The Labute approximate surface area is 129 Å². The van der Waals surface area contributed by atoms with E-state index in [0.717, 1.165) is 37.7 Å². The summed E-state index contributed by atoms with van der Waals surface area (Å²) in [5.41, 5.74) is 2.44. The molecule has 1 aliphatic rings. The molecule has 2 aromatic rings. The van der Waals surface area contributed by atoms with Crippen LogP contribution in [0.5, 0.6) is 0 Å². The average molecular weight is 298 g/mol. The van der Waals surface area contributed by atoms with Gasteiger partial charge in [-0.2, -0.15) is 0 Å². The zero-order valence-corrected chi connectivity index (χ0v) is 12.5. The van der Waals surface area contributed by atoms with Crippen molar-refractivity contribution in [3.63, 3.8) is 0 Å². The molecule has 3 heterocycles. The molecule has 6 nitrogen and oxygen atoms in total. The first-order valence-electron chi connectivity index (χ1n) is 7.25. The monoisotopic (exact) mass is 298 g/mol. The fraction of sp³-hybridized carbons (Fsp3) is 0.312. The normalized spacial score (nSPS) is 14.7. The summed E-state index contributed by atoms with van der Waals surface area (Å²) in [6, 6.07) is 7.33. The smallest absolute Gasteiger partial charge is 0.258 e. The van der Waals surface area contributed by atoms with Crippen LogP contribution in [0.4, 0.5) is 11.5 Å². The molecule has 2 aromatic heterocycles. The summed E-state index contributed by atoms with van der Waals surface area (Å²) in [4.78, 5) is 22.7. The van der Waals surface area contributed by atoms with Crippen LogP contribution in [0.2, 0.25) is 0 Å². The van der Waals surface area contributed by atoms with E-state index in [0.29, 0.717) is 11.4 Å². The second-order valence-electron chi connectivity index (χ2n) is 5.14. The van der Waals surface area contributed by atoms with Gasteiger partial charge in [-0.3, -0.25) is 9.78 Å². The lowest BCUT2D eigenvalue weighted by molar-refractivity contribution is 0.102. The van der Waals surface area contributed by atoms with Gasteiger partial charge in [0, 0.05) is 25.0 Å². The van der Waals surface area contributed by atoms with Gasteiger partial charge < -0.3 is 15.0 Å². The summed E-state index contributed by atoms with van der Waals surface area (Å²) in [6.07, 6.45) is 3.33. The van der Waals surface area contributed by atoms with Gasteiger partial charge in [0.15, 0.2) is 0 Å². The molecule has 6 heteroatoms. The SMILES string of the molecule is Cc1ccc(C(=O)Nc2ccc(N3CCOCC3)cn2)cn1. The minimum Gasteiger partial charge on any atom is -0.378 e. The molecule has 0 saturated carbocycles. The minimum absolute atomic E-state index is 0.209. The fourth-order valence-corrected chi connectivity index (χ4v) is 2.26. The van der Waals surface area contributed by atoms with E-state index in [1.54, 1.807) is 18.5 Å². The van der Waals surface area contributed by atoms with Gasteiger partial charge in [-0.25, -0.2) is 4.98 Å². The first-order chi connectivity index (χ1) is 10.7. The number of aryl methyl sites for hydroxylation is 1. The molecule has 1 aliphatic heterocycles. The molecule has 0 radical (unpaired) electrons. The molecule has 114 valence electrons. The third kappa shape index (κ3) is 3.40. The van der Waals surface area contributed by atoms with E-state index in [9.17, 15) is 4.79 Å². The molecular weight excluding hydrogens is 280 g/mol. The summed E-state index contributed by atoms with van der Waals surface area (Å²) in [6.45, 7) is 5.08. The van der Waals surface area contributed by atoms with Crippen molar-refractivity contribution in [3.8, 4) is 0 Å². The lowest BCUT2D eigenvalue weighted by Crippen LogP contribution is -2.36. The zero-order valence-electron chi connectivity index (χ0n) is 12.5. The number of aromatic nitrogens is 2. The van der Waals surface area contributed by atoms with Crippen LogP contribution in [-0.4, -0.2) is 42.2 Å². The first-order valence-corrected chi connectivity index (χ1v) is 7.25. The highest BCUT2D eigenvalue weighted by molar-refractivity contribution is 6.03. The Morgan fingerprint density at radius 3 is 2.59 bits per heavy atom. The number of anilines is 2. The van der Waals surface area contributed by atoms with Gasteiger partial charge in [-0.1, -0.05) is 0 Å². The maximum Gasteiger partial charge on any atom is 0.258 e. The third-order valence-corrected chi connectivity index (χ3v) is 3.54. The number of ether oxygens (including phenoxy) is 1. The maximum absolute atomic E-state index is 12.1. The van der Waals surface area contributed by atoms with Crippen molar-refractivity contribution >= 4 is 17.4 Å². The third-order valence-electron chi connectivity index (χ3n) is 3.54. The highest BCUT2D eigenvalue weighted by Crippen LogP contribution is 2.16. The van der Waals surface area contributed by atoms with Crippen LogP contribution >= 0.6 is 0 Å². The van der Waals surface area contributed by atoms with Crippen molar-refractivity contribution in [3.05, 3.63) is 47.9 Å². The Balaban J connectivity index is 1.65. The predicted molar refractivity (Wildman–Crippen MR) is 84.2 cm³/mol. The van der Waals surface area contributed by atoms with Crippen LogP contribution in [-0.2, 0) is 4.74 Å². The molecule has 22 heavy (non-hydrogen) atoms. The molecule has 0 unspecified atom stereocenters. The van der Waals surface area contributed by atoms with E-state index in [1.165, 1.54) is 0 Å². The number of carbonyl (C=O) groups excluding carboxylic acids is 1. The number of amides is 1. The van der Waals surface area contributed by atoms with Gasteiger partial charge in [0.25, 0.3) is 5.91 Å². The number of nitrogens with zero attached hydrogens (tertiary/aromatic N) is 3. The van der Waals surface area contributed by atoms with Gasteiger partial charge in [0.1, 0.15) is 5.82 Å². The van der Waals surface area contributed by atoms with Crippen molar-refractivity contribution in [2.45, 2.75) is 6.92 Å². The topological polar surface area (TPSA) is 67.4 Å². The van der Waals surface area contributed by atoms with E-state index < -0.39 is 0 Å². The molecule has 1 amide bonds. The molecule has 0 bridgehead atoms. The highest BCUT2D eigenvalue weighted by Gasteiger charge is 2.12. The predicted octanol–water partition coefficient (Wildman–Crippen LogP) is 1.87. The van der Waals surface area contributed by atoms with Gasteiger partial charge >= 0.3 is 0 Å². The van der Waals surface area contributed by atoms with Crippen molar-refractivity contribution in [1.82, 2.24) is 9.97 Å². The van der Waals surface area contributed by atoms with Gasteiger partial charge in [-0.05, 0) is 31.2 Å². The van der Waals surface area contributed by atoms with Gasteiger partial charge in [0.05, 0.1) is 30.7 Å². The lowest BCUT2D eigenvalue weighted by atomic mass is 10.2. The Hall–Kier alpha value is -2.47. The average Bonchev–Trinajstić information content (AvgIpc) is 2.57. The second kappa shape index (κ2) is 6.53. The van der Waals surface area contributed by atoms with Crippen molar-refractivity contribution in [2.75, 3.05) is 36.5 Å². The summed E-state index contributed by atoms with van der Waals surface area (Å²) in [7, 11) is 0. The van der Waals surface area contributed by atoms with Crippen molar-refractivity contribution < 1.29 is 9.53 Å². The molecule has 0 atom stereocenters. The van der Waals surface area contributed by atoms with E-state index in [2.05, 4.69) is 20.2 Å². The Morgan fingerprint density at radius 1 is 1.14 bits per heavy atom. The molecule has 0 spiro atoms. The Kier molecular flexibility index (Phi) is 4.29. The molecule has 1 saturated heterocycles. The highest BCUT2D eigenvalue weighted by atomic mass is 16.5. The van der Waals surface area contributed by atoms with Crippen LogP contribution < -0.4 is 10.2 Å². The number of pyridine rings is 2. The molecule has 3 rings (SSSR count). The first kappa shape index (κ1) is 14.5. The fourth-order valence-electron chi connectivity index (χ4n) is 2.26. The van der Waals surface area contributed by atoms with Crippen LogP contribution in [0, 0.1) is 6.92 Å². The Bertz CT molecular complexity index is 634. The molecule has 1 N–H and O–H groups in total. The van der Waals surface area contributed by atoms with Gasteiger partial charge in [0.2, 0.25) is 0 Å². The van der Waals surface area contributed by atoms with E-state index >= 15 is 0 Å². The lowest BCUT2D eigenvalue weighted by Gasteiger charge is -2.28. The van der Waals surface area contributed by atoms with E-state index in [-0.39, 0.29) is 5.91 Å². The van der Waals surface area contributed by atoms with E-state index in [1.807, 2.05) is 25.1 Å². The summed E-state index contributed by atoms with van der Waals surface area (Å²) >= 11 is 0. The van der Waals surface area contributed by atoms with Gasteiger partial charge in [-0.15, -0.1) is 0 Å². The molecule has 0 aliphatic carbocycles. The van der Waals surface area contributed by atoms with Crippen molar-refractivity contribution in [2.24, 2.45) is 0 Å². The molecular formula is C16H18N4O2. The Morgan fingerprint density at radius 2 is 1.95 bits per heavy atom. The zero-order chi connectivity index (χ0) is 15.4. The number of rotatable bonds is 3. The number of hydrogen-bond donors (Lipinski definition) is 1. The van der Waals surface area contributed by atoms with E-state index in [4.69, 9.17) is 4.74 Å². The summed E-state index contributed by atoms with van der Waals surface area (Å²) in [5.74, 6) is 0.321. The van der Waals surface area contributed by atoms with Crippen LogP contribution in [0.15, 0.2) is 36.7 Å². The summed E-state index contributed by atoms with van der Waals surface area (Å²) < 4.78 is 5.33. The minimum atomic E-state index is -0.209.